The summed E-state index contributed by atoms with van der Waals surface area (Å²) in [7, 11) is 0. The van der Waals surface area contributed by atoms with Crippen molar-refractivity contribution in [2.24, 2.45) is 11.7 Å². The number of carbonyl (C=O) groups excluding carboxylic acids is 3. The van der Waals surface area contributed by atoms with Gasteiger partial charge in [-0.15, -0.1) is 0 Å². The number of nitrogens with two attached hydrogens (primary N) is 1. The lowest BCUT2D eigenvalue weighted by Crippen LogP contribution is -2.57. The number of para-hydroxylation sites is 1. The molecule has 0 fully saturated rings. The molecule has 1 aromatic carbocycles. The lowest BCUT2D eigenvalue weighted by atomic mass is 10.0. The van der Waals surface area contributed by atoms with E-state index in [1.165, 1.54) is 11.8 Å². The minimum absolute atomic E-state index is 0.0252. The summed E-state index contributed by atoms with van der Waals surface area (Å²) >= 11 is 1.45. The van der Waals surface area contributed by atoms with Gasteiger partial charge < -0.3 is 36.9 Å². The first kappa shape index (κ1) is 31.6. The van der Waals surface area contributed by atoms with Gasteiger partial charge in [0.05, 0.1) is 12.5 Å². The highest BCUT2D eigenvalue weighted by atomic mass is 32.2. The fourth-order valence-corrected chi connectivity index (χ4v) is 4.50. The third kappa shape index (κ3) is 9.91. The SMILES string of the molecule is CSCCC(NC(=O)C(CC(C)C)NC(=O)C(N)CC(=O)O)C(=O)NC(Cc1c[nH]c2ccccc12)C(=O)O. The molecule has 4 unspecified atom stereocenters. The van der Waals surface area contributed by atoms with Crippen molar-refractivity contribution in [3.63, 3.8) is 0 Å². The van der Waals surface area contributed by atoms with E-state index in [4.69, 9.17) is 10.8 Å². The number of carboxylic acids is 2. The summed E-state index contributed by atoms with van der Waals surface area (Å²) in [4.78, 5) is 64.8. The molecule has 0 radical (unpaired) electrons. The van der Waals surface area contributed by atoms with Gasteiger partial charge in [0.15, 0.2) is 0 Å². The van der Waals surface area contributed by atoms with Crippen LogP contribution in [0.4, 0.5) is 0 Å². The van der Waals surface area contributed by atoms with Crippen LogP contribution in [0.15, 0.2) is 30.5 Å². The van der Waals surface area contributed by atoms with Gasteiger partial charge in [-0.3, -0.25) is 19.2 Å². The molecule has 3 amide bonds. The number of H-pyrrole nitrogens is 1. The van der Waals surface area contributed by atoms with Crippen LogP contribution >= 0.6 is 11.8 Å². The lowest BCUT2D eigenvalue weighted by molar-refractivity contribution is -0.142. The summed E-state index contributed by atoms with van der Waals surface area (Å²) < 4.78 is 0. The molecule has 8 N–H and O–H groups in total. The van der Waals surface area contributed by atoms with Crippen molar-refractivity contribution in [3.8, 4) is 0 Å². The molecule has 0 saturated carbocycles. The number of thioether (sulfide) groups is 1. The summed E-state index contributed by atoms with van der Waals surface area (Å²) in [5.41, 5.74) is 7.20. The van der Waals surface area contributed by atoms with Crippen molar-refractivity contribution in [1.29, 1.82) is 0 Å². The van der Waals surface area contributed by atoms with Crippen LogP contribution in [0.2, 0.25) is 0 Å². The Bertz CT molecular complexity index is 1170. The first-order chi connectivity index (χ1) is 18.4. The van der Waals surface area contributed by atoms with Crippen molar-refractivity contribution in [1.82, 2.24) is 20.9 Å². The second kappa shape index (κ2) is 15.1. The predicted octanol–water partition coefficient (Wildman–Crippen LogP) is 0.851. The van der Waals surface area contributed by atoms with E-state index in [0.29, 0.717) is 5.75 Å². The van der Waals surface area contributed by atoms with Gasteiger partial charge in [-0.25, -0.2) is 4.79 Å². The lowest BCUT2D eigenvalue weighted by Gasteiger charge is -2.26. The second-order valence-corrected chi connectivity index (χ2v) is 10.7. The number of carboxylic acid groups (broad SMARTS) is 2. The van der Waals surface area contributed by atoms with E-state index in [9.17, 15) is 29.1 Å². The summed E-state index contributed by atoms with van der Waals surface area (Å²) in [5, 5.41) is 27.2. The number of aliphatic carboxylic acids is 2. The van der Waals surface area contributed by atoms with Gasteiger partial charge in [-0.1, -0.05) is 32.0 Å². The molecule has 0 aliphatic carbocycles. The number of aromatic nitrogens is 1. The quantitative estimate of drug-likeness (QED) is 0.154. The zero-order valence-electron chi connectivity index (χ0n) is 22.2. The number of amides is 3. The topological polar surface area (TPSA) is 204 Å². The Hall–Kier alpha value is -3.58. The molecule has 39 heavy (non-hydrogen) atoms. The molecule has 2 rings (SSSR count). The molecule has 0 aliphatic rings. The summed E-state index contributed by atoms with van der Waals surface area (Å²) in [6, 6.07) is 2.69. The molecule has 4 atom stereocenters. The fraction of sp³-hybridized carbons (Fsp3) is 0.500. The van der Waals surface area contributed by atoms with Crippen molar-refractivity contribution in [2.45, 2.75) is 63.7 Å². The van der Waals surface area contributed by atoms with E-state index in [-0.39, 0.29) is 25.2 Å². The third-order valence-electron chi connectivity index (χ3n) is 6.03. The van der Waals surface area contributed by atoms with Gasteiger partial charge in [-0.05, 0) is 42.4 Å². The van der Waals surface area contributed by atoms with Gasteiger partial charge in [-0.2, -0.15) is 11.8 Å². The van der Waals surface area contributed by atoms with Gasteiger partial charge in [0.25, 0.3) is 0 Å². The normalized spacial score (nSPS) is 14.3. The molecule has 2 aromatic rings. The Balaban J connectivity index is 2.16. The highest BCUT2D eigenvalue weighted by molar-refractivity contribution is 7.98. The van der Waals surface area contributed by atoms with E-state index in [1.807, 2.05) is 44.4 Å². The Morgan fingerprint density at radius 2 is 1.56 bits per heavy atom. The van der Waals surface area contributed by atoms with Crippen molar-refractivity contribution in [3.05, 3.63) is 36.0 Å². The van der Waals surface area contributed by atoms with Gasteiger partial charge in [0, 0.05) is 23.5 Å². The Labute approximate surface area is 230 Å². The van der Waals surface area contributed by atoms with Crippen molar-refractivity contribution in [2.75, 3.05) is 12.0 Å². The zero-order chi connectivity index (χ0) is 29.1. The maximum atomic E-state index is 13.2. The van der Waals surface area contributed by atoms with Crippen LogP contribution in [-0.2, 0) is 30.4 Å². The Morgan fingerprint density at radius 1 is 0.949 bits per heavy atom. The second-order valence-electron chi connectivity index (χ2n) is 9.70. The van der Waals surface area contributed by atoms with Crippen LogP contribution < -0.4 is 21.7 Å². The Kier molecular flexibility index (Phi) is 12.3. The molecule has 0 aliphatic heterocycles. The van der Waals surface area contributed by atoms with Crippen molar-refractivity contribution >= 4 is 52.3 Å². The van der Waals surface area contributed by atoms with Crippen LogP contribution in [0, 0.1) is 5.92 Å². The molecule has 214 valence electrons. The number of aromatic amines is 1. The van der Waals surface area contributed by atoms with E-state index < -0.39 is 60.2 Å². The molecule has 1 aromatic heterocycles. The monoisotopic (exact) mass is 563 g/mol. The van der Waals surface area contributed by atoms with Crippen molar-refractivity contribution < 1.29 is 34.2 Å². The van der Waals surface area contributed by atoms with Crippen LogP contribution in [0.1, 0.15) is 38.7 Å². The number of hydrogen-bond donors (Lipinski definition) is 7. The van der Waals surface area contributed by atoms with Gasteiger partial charge in [0.1, 0.15) is 18.1 Å². The average molecular weight is 564 g/mol. The summed E-state index contributed by atoms with van der Waals surface area (Å²) in [6.45, 7) is 3.67. The molecule has 0 bridgehead atoms. The maximum absolute atomic E-state index is 13.2. The minimum atomic E-state index is -1.35. The highest BCUT2D eigenvalue weighted by Gasteiger charge is 2.31. The van der Waals surface area contributed by atoms with Gasteiger partial charge in [0.2, 0.25) is 17.7 Å². The summed E-state index contributed by atoms with van der Waals surface area (Å²) in [5.74, 6) is -4.11. The Morgan fingerprint density at radius 3 is 2.18 bits per heavy atom. The smallest absolute Gasteiger partial charge is 0.326 e. The zero-order valence-corrected chi connectivity index (χ0v) is 23.0. The van der Waals surface area contributed by atoms with Crippen LogP contribution in [0.5, 0.6) is 0 Å². The first-order valence-electron chi connectivity index (χ1n) is 12.6. The average Bonchev–Trinajstić information content (AvgIpc) is 3.27. The highest BCUT2D eigenvalue weighted by Crippen LogP contribution is 2.19. The minimum Gasteiger partial charge on any atom is -0.481 e. The van der Waals surface area contributed by atoms with Gasteiger partial charge >= 0.3 is 11.9 Å². The first-order valence-corrected chi connectivity index (χ1v) is 14.0. The number of hydrogen-bond acceptors (Lipinski definition) is 7. The summed E-state index contributed by atoms with van der Waals surface area (Å²) in [6.07, 6.45) is 3.40. The van der Waals surface area contributed by atoms with E-state index in [1.54, 1.807) is 6.20 Å². The largest absolute Gasteiger partial charge is 0.481 e. The predicted molar refractivity (Wildman–Crippen MR) is 148 cm³/mol. The van der Waals surface area contributed by atoms with Crippen LogP contribution in [-0.4, -0.2) is 81.0 Å². The van der Waals surface area contributed by atoms with Crippen LogP contribution in [0.3, 0.4) is 0 Å². The molecular formula is C26H37N5O7S. The van der Waals surface area contributed by atoms with E-state index in [0.717, 1.165) is 16.5 Å². The fourth-order valence-electron chi connectivity index (χ4n) is 4.03. The number of nitrogens with one attached hydrogen (secondary N) is 4. The number of rotatable bonds is 16. The molecule has 0 spiro atoms. The molecule has 12 nitrogen and oxygen atoms in total. The molecule has 0 saturated heterocycles. The van der Waals surface area contributed by atoms with E-state index in [2.05, 4.69) is 20.9 Å². The number of carbonyl (C=O) groups is 5. The molecule has 1 heterocycles. The third-order valence-corrected chi connectivity index (χ3v) is 6.67. The molecule has 13 heteroatoms. The van der Waals surface area contributed by atoms with Crippen LogP contribution in [0.25, 0.3) is 10.9 Å². The maximum Gasteiger partial charge on any atom is 0.326 e. The number of benzene rings is 1. The number of fused-ring (bicyclic) bond motifs is 1. The standard InChI is InChI=1S/C26H37N5O7S/c1-14(2)10-20(30-23(34)17(27)12-22(32)33)25(36)29-19(8-9-39-3)24(35)31-21(26(37)38)11-15-13-28-18-7-5-4-6-16(15)18/h4-7,13-14,17,19-21,28H,8-12,27H2,1-3H3,(H,29,36)(H,30,34)(H,31,35)(H,32,33)(H,37,38). The van der Waals surface area contributed by atoms with E-state index >= 15 is 0 Å². The molecular weight excluding hydrogens is 526 g/mol.